The summed E-state index contributed by atoms with van der Waals surface area (Å²) in [4.78, 5) is 34.2. The molecule has 1 fully saturated rings. The van der Waals surface area contributed by atoms with E-state index >= 15 is 0 Å². The highest BCUT2D eigenvalue weighted by Gasteiger charge is 2.52. The van der Waals surface area contributed by atoms with Crippen molar-refractivity contribution in [2.75, 3.05) is 7.11 Å². The molecule has 0 spiro atoms. The number of barbiturate groups is 1. The molecule has 4 N–H and O–H groups in total. The second-order valence-corrected chi connectivity index (χ2v) is 3.83. The van der Waals surface area contributed by atoms with Crippen LogP contribution in [0.1, 0.15) is 5.56 Å². The predicted octanol–water partition coefficient (Wildman–Crippen LogP) is -1.05. The molecule has 0 atom stereocenters. The molecule has 0 bridgehead atoms. The van der Waals surface area contributed by atoms with Gasteiger partial charge in [-0.2, -0.15) is 0 Å². The Kier molecular flexibility index (Phi) is 2.87. The van der Waals surface area contributed by atoms with Crippen molar-refractivity contribution >= 4 is 17.8 Å². The molecular formula is C11H10N2O6. The third-order valence-electron chi connectivity index (χ3n) is 2.71. The normalized spacial score (nSPS) is 17.7. The Morgan fingerprint density at radius 1 is 1.16 bits per heavy atom. The number of nitrogens with one attached hydrogen (secondary N) is 2. The van der Waals surface area contributed by atoms with Crippen LogP contribution in [0.2, 0.25) is 0 Å². The molecule has 1 heterocycles. The second-order valence-electron chi connectivity index (χ2n) is 3.83. The van der Waals surface area contributed by atoms with Crippen molar-refractivity contribution in [1.29, 1.82) is 0 Å². The standard InChI is InChI=1S/C11H10N2O6/c1-19-5-2-3-6(7(14)4-5)11(18)8(15)12-10(17)13-9(11)16/h2-4,14,18H,1H3,(H2,12,13,15,16,17). The number of rotatable bonds is 2. The van der Waals surface area contributed by atoms with Gasteiger partial charge in [-0.25, -0.2) is 4.79 Å². The average Bonchev–Trinajstić information content (AvgIpc) is 2.35. The van der Waals surface area contributed by atoms with Crippen molar-refractivity contribution in [1.82, 2.24) is 10.6 Å². The zero-order valence-electron chi connectivity index (χ0n) is 9.76. The molecule has 4 amide bonds. The molecule has 0 unspecified atom stereocenters. The highest BCUT2D eigenvalue weighted by atomic mass is 16.5. The summed E-state index contributed by atoms with van der Waals surface area (Å²) in [6.07, 6.45) is 0. The number of ether oxygens (including phenoxy) is 1. The monoisotopic (exact) mass is 266 g/mol. The van der Waals surface area contributed by atoms with Crippen LogP contribution < -0.4 is 15.4 Å². The maximum Gasteiger partial charge on any atom is 0.328 e. The van der Waals surface area contributed by atoms with E-state index in [1.54, 1.807) is 10.6 Å². The van der Waals surface area contributed by atoms with Gasteiger partial charge in [0, 0.05) is 11.6 Å². The van der Waals surface area contributed by atoms with Crippen molar-refractivity contribution < 1.29 is 29.3 Å². The maximum absolute atomic E-state index is 11.7. The smallest absolute Gasteiger partial charge is 0.328 e. The molecule has 1 aromatic carbocycles. The molecule has 8 nitrogen and oxygen atoms in total. The van der Waals surface area contributed by atoms with Gasteiger partial charge in [0.1, 0.15) is 11.5 Å². The minimum absolute atomic E-state index is 0.276. The van der Waals surface area contributed by atoms with Gasteiger partial charge in [-0.1, -0.05) is 0 Å². The lowest BCUT2D eigenvalue weighted by Gasteiger charge is -2.29. The number of benzene rings is 1. The average molecular weight is 266 g/mol. The number of methoxy groups -OCH3 is 1. The predicted molar refractivity (Wildman–Crippen MR) is 60.2 cm³/mol. The summed E-state index contributed by atoms with van der Waals surface area (Å²) in [5, 5.41) is 23.4. The number of urea groups is 1. The summed E-state index contributed by atoms with van der Waals surface area (Å²) in [7, 11) is 1.36. The van der Waals surface area contributed by atoms with Crippen molar-refractivity contribution in [3.63, 3.8) is 0 Å². The van der Waals surface area contributed by atoms with E-state index in [1.807, 2.05) is 0 Å². The van der Waals surface area contributed by atoms with Gasteiger partial charge >= 0.3 is 6.03 Å². The van der Waals surface area contributed by atoms with Crippen molar-refractivity contribution in [2.24, 2.45) is 0 Å². The summed E-state index contributed by atoms with van der Waals surface area (Å²) in [5.41, 5.74) is -3.03. The third-order valence-corrected chi connectivity index (χ3v) is 2.71. The third kappa shape index (κ3) is 1.87. The second kappa shape index (κ2) is 4.25. The number of aliphatic hydroxyl groups is 1. The SMILES string of the molecule is COc1ccc(C2(O)C(=O)NC(=O)NC2=O)c(O)c1. The molecule has 1 aliphatic rings. The molecule has 19 heavy (non-hydrogen) atoms. The van der Waals surface area contributed by atoms with Crippen LogP contribution in [0.5, 0.6) is 11.5 Å². The largest absolute Gasteiger partial charge is 0.507 e. The molecule has 8 heteroatoms. The fraction of sp³-hybridized carbons (Fsp3) is 0.182. The highest BCUT2D eigenvalue weighted by molar-refractivity contribution is 6.21. The van der Waals surface area contributed by atoms with Crippen LogP contribution in [0.4, 0.5) is 4.79 Å². The molecule has 0 radical (unpaired) electrons. The number of carbonyl (C=O) groups is 3. The van der Waals surface area contributed by atoms with Gasteiger partial charge in [0.05, 0.1) is 7.11 Å². The Bertz CT molecular complexity index is 563. The van der Waals surface area contributed by atoms with E-state index in [2.05, 4.69) is 0 Å². The van der Waals surface area contributed by atoms with Crippen LogP contribution in [0.25, 0.3) is 0 Å². The van der Waals surface area contributed by atoms with Gasteiger partial charge in [-0.15, -0.1) is 0 Å². The summed E-state index contributed by atoms with van der Waals surface area (Å²) in [6.45, 7) is 0. The number of hydrogen-bond acceptors (Lipinski definition) is 6. The van der Waals surface area contributed by atoms with Gasteiger partial charge in [-0.3, -0.25) is 20.2 Å². The Hall–Kier alpha value is -2.61. The first-order valence-electron chi connectivity index (χ1n) is 5.16. The van der Waals surface area contributed by atoms with Gasteiger partial charge in [0.15, 0.2) is 0 Å². The lowest BCUT2D eigenvalue weighted by molar-refractivity contribution is -0.155. The fourth-order valence-corrected chi connectivity index (χ4v) is 1.71. The Morgan fingerprint density at radius 3 is 2.21 bits per heavy atom. The summed E-state index contributed by atoms with van der Waals surface area (Å²) in [6, 6.07) is 2.60. The van der Waals surface area contributed by atoms with E-state index in [0.717, 1.165) is 12.1 Å². The number of phenolic OH excluding ortho intramolecular Hbond substituents is 1. The molecule has 2 rings (SSSR count). The molecular weight excluding hydrogens is 256 g/mol. The van der Waals surface area contributed by atoms with E-state index in [9.17, 15) is 24.6 Å². The van der Waals surface area contributed by atoms with Crippen molar-refractivity contribution in [3.8, 4) is 11.5 Å². The maximum atomic E-state index is 11.7. The Morgan fingerprint density at radius 2 is 1.74 bits per heavy atom. The van der Waals surface area contributed by atoms with Gasteiger partial charge in [0.25, 0.3) is 17.4 Å². The van der Waals surface area contributed by atoms with E-state index < -0.39 is 29.2 Å². The van der Waals surface area contributed by atoms with Crippen LogP contribution >= 0.6 is 0 Å². The minimum atomic E-state index is -2.68. The van der Waals surface area contributed by atoms with Crippen LogP contribution in [-0.2, 0) is 15.2 Å². The van der Waals surface area contributed by atoms with E-state index in [1.165, 1.54) is 13.2 Å². The number of amides is 4. The molecule has 1 aromatic rings. The van der Waals surface area contributed by atoms with E-state index in [4.69, 9.17) is 4.74 Å². The summed E-state index contributed by atoms with van der Waals surface area (Å²) < 4.78 is 4.84. The first-order chi connectivity index (χ1) is 8.89. The summed E-state index contributed by atoms with van der Waals surface area (Å²) >= 11 is 0. The van der Waals surface area contributed by atoms with Crippen molar-refractivity contribution in [2.45, 2.75) is 5.60 Å². The van der Waals surface area contributed by atoms with Crippen molar-refractivity contribution in [3.05, 3.63) is 23.8 Å². The van der Waals surface area contributed by atoms with Crippen LogP contribution in [-0.4, -0.2) is 35.2 Å². The number of carbonyl (C=O) groups excluding carboxylic acids is 3. The summed E-state index contributed by atoms with van der Waals surface area (Å²) in [5.74, 6) is -2.71. The highest BCUT2D eigenvalue weighted by Crippen LogP contribution is 2.33. The number of hydrogen-bond donors (Lipinski definition) is 4. The molecule has 0 aromatic heterocycles. The lowest BCUT2D eigenvalue weighted by atomic mass is 9.89. The molecule has 100 valence electrons. The van der Waals surface area contributed by atoms with Gasteiger partial charge in [0.2, 0.25) is 0 Å². The number of aromatic hydroxyl groups is 1. The lowest BCUT2D eigenvalue weighted by Crippen LogP contribution is -2.64. The Labute approximate surface area is 107 Å². The fourth-order valence-electron chi connectivity index (χ4n) is 1.71. The van der Waals surface area contributed by atoms with E-state index in [0.29, 0.717) is 0 Å². The van der Waals surface area contributed by atoms with E-state index in [-0.39, 0.29) is 11.3 Å². The zero-order valence-corrected chi connectivity index (χ0v) is 9.76. The zero-order chi connectivity index (χ0) is 14.2. The topological polar surface area (TPSA) is 125 Å². The minimum Gasteiger partial charge on any atom is -0.507 e. The van der Waals surface area contributed by atoms with Gasteiger partial charge in [-0.05, 0) is 12.1 Å². The van der Waals surface area contributed by atoms with Gasteiger partial charge < -0.3 is 14.9 Å². The first kappa shape index (κ1) is 12.8. The Balaban J connectivity index is 2.52. The van der Waals surface area contributed by atoms with Crippen LogP contribution in [0.15, 0.2) is 18.2 Å². The quantitative estimate of drug-likeness (QED) is 0.506. The molecule has 1 aliphatic heterocycles. The molecule has 0 saturated carbocycles. The first-order valence-corrected chi connectivity index (χ1v) is 5.16. The number of imide groups is 2. The molecule has 0 aliphatic carbocycles. The van der Waals surface area contributed by atoms with Crippen LogP contribution in [0, 0.1) is 0 Å². The van der Waals surface area contributed by atoms with Crippen LogP contribution in [0.3, 0.4) is 0 Å². The molecule has 1 saturated heterocycles. The number of phenols is 1.